The number of rotatable bonds is 4. The molecular formula is C13H11Cl3N2. The summed E-state index contributed by atoms with van der Waals surface area (Å²) in [6, 6.07) is 7.32. The molecule has 0 amide bonds. The third-order valence-electron chi connectivity index (χ3n) is 2.46. The number of hydrogen-bond acceptors (Lipinski definition) is 2. The summed E-state index contributed by atoms with van der Waals surface area (Å²) < 4.78 is 0. The van der Waals surface area contributed by atoms with Crippen LogP contribution in [0, 0.1) is 0 Å². The van der Waals surface area contributed by atoms with Gasteiger partial charge >= 0.3 is 0 Å². The van der Waals surface area contributed by atoms with Gasteiger partial charge in [0.15, 0.2) is 0 Å². The fourth-order valence-corrected chi connectivity index (χ4v) is 2.16. The summed E-state index contributed by atoms with van der Waals surface area (Å²) in [5, 5.41) is 4.74. The molecule has 0 saturated carbocycles. The van der Waals surface area contributed by atoms with Gasteiger partial charge in [0.25, 0.3) is 0 Å². The molecule has 0 unspecified atom stereocenters. The quantitative estimate of drug-likeness (QED) is 0.828. The maximum atomic E-state index is 6.07. The number of pyridine rings is 1. The van der Waals surface area contributed by atoms with E-state index >= 15 is 0 Å². The normalized spacial score (nSPS) is 10.4. The number of nitrogens with zero attached hydrogens (tertiary/aromatic N) is 1. The lowest BCUT2D eigenvalue weighted by molar-refractivity contribution is 1.01. The standard InChI is InChI=1S/C13H11Cl3N2/c14-10-6-12(16)13(7-11(10)15)18-5-3-9-2-1-4-17-8-9/h1-2,4,6-8,18H,3,5H2. The molecule has 0 atom stereocenters. The van der Waals surface area contributed by atoms with Crippen LogP contribution in [0.25, 0.3) is 0 Å². The smallest absolute Gasteiger partial charge is 0.0653 e. The summed E-state index contributed by atoms with van der Waals surface area (Å²) >= 11 is 17.9. The number of anilines is 1. The van der Waals surface area contributed by atoms with Gasteiger partial charge in [0.2, 0.25) is 0 Å². The van der Waals surface area contributed by atoms with Crippen LogP contribution in [-0.4, -0.2) is 11.5 Å². The van der Waals surface area contributed by atoms with Crippen LogP contribution < -0.4 is 5.32 Å². The van der Waals surface area contributed by atoms with E-state index in [0.717, 1.165) is 18.7 Å². The zero-order valence-electron chi connectivity index (χ0n) is 9.46. The number of hydrogen-bond donors (Lipinski definition) is 1. The third-order valence-corrected chi connectivity index (χ3v) is 3.50. The summed E-state index contributed by atoms with van der Waals surface area (Å²) in [5.74, 6) is 0. The number of halogens is 3. The Morgan fingerprint density at radius 1 is 1.06 bits per heavy atom. The molecule has 18 heavy (non-hydrogen) atoms. The second-order valence-electron chi connectivity index (χ2n) is 3.78. The van der Waals surface area contributed by atoms with Crippen molar-refractivity contribution in [2.24, 2.45) is 0 Å². The minimum Gasteiger partial charge on any atom is -0.383 e. The van der Waals surface area contributed by atoms with E-state index < -0.39 is 0 Å². The van der Waals surface area contributed by atoms with Gasteiger partial charge in [-0.3, -0.25) is 4.98 Å². The number of benzene rings is 1. The van der Waals surface area contributed by atoms with Crippen molar-refractivity contribution in [2.75, 3.05) is 11.9 Å². The largest absolute Gasteiger partial charge is 0.383 e. The Balaban J connectivity index is 1.97. The van der Waals surface area contributed by atoms with Gasteiger partial charge in [0.05, 0.1) is 20.8 Å². The molecule has 0 saturated heterocycles. The molecule has 0 aliphatic rings. The first-order valence-electron chi connectivity index (χ1n) is 5.44. The summed E-state index contributed by atoms with van der Waals surface area (Å²) in [4.78, 5) is 4.06. The van der Waals surface area contributed by atoms with Crippen molar-refractivity contribution >= 4 is 40.5 Å². The van der Waals surface area contributed by atoms with Crippen molar-refractivity contribution in [3.8, 4) is 0 Å². The molecule has 0 bridgehead atoms. The van der Waals surface area contributed by atoms with Gasteiger partial charge in [0.1, 0.15) is 0 Å². The Morgan fingerprint density at radius 2 is 1.83 bits per heavy atom. The molecule has 2 aromatic rings. The van der Waals surface area contributed by atoms with Crippen molar-refractivity contribution in [2.45, 2.75) is 6.42 Å². The molecule has 5 heteroatoms. The molecule has 2 nitrogen and oxygen atoms in total. The minimum absolute atomic E-state index is 0.458. The maximum absolute atomic E-state index is 6.07. The highest BCUT2D eigenvalue weighted by Gasteiger charge is 2.05. The highest BCUT2D eigenvalue weighted by atomic mass is 35.5. The third kappa shape index (κ3) is 3.52. The zero-order chi connectivity index (χ0) is 13.0. The van der Waals surface area contributed by atoms with Crippen LogP contribution in [-0.2, 0) is 6.42 Å². The average molecular weight is 302 g/mol. The van der Waals surface area contributed by atoms with E-state index in [2.05, 4.69) is 10.3 Å². The predicted molar refractivity (Wildman–Crippen MR) is 77.9 cm³/mol. The Labute approximate surface area is 121 Å². The summed E-state index contributed by atoms with van der Waals surface area (Å²) in [6.07, 6.45) is 4.47. The lowest BCUT2D eigenvalue weighted by Crippen LogP contribution is -2.05. The van der Waals surface area contributed by atoms with Crippen LogP contribution in [0.15, 0.2) is 36.7 Å². The Kier molecular flexibility index (Phi) is 4.70. The number of aromatic nitrogens is 1. The summed E-state index contributed by atoms with van der Waals surface area (Å²) in [7, 11) is 0. The Hall–Kier alpha value is -0.960. The molecule has 1 N–H and O–H groups in total. The van der Waals surface area contributed by atoms with Crippen LogP contribution in [0.1, 0.15) is 5.56 Å². The Bertz CT molecular complexity index is 529. The van der Waals surface area contributed by atoms with Gasteiger partial charge in [-0.15, -0.1) is 0 Å². The van der Waals surface area contributed by atoms with E-state index in [1.807, 2.05) is 18.3 Å². The Morgan fingerprint density at radius 3 is 2.56 bits per heavy atom. The topological polar surface area (TPSA) is 24.9 Å². The highest BCUT2D eigenvalue weighted by molar-refractivity contribution is 6.44. The van der Waals surface area contributed by atoms with Gasteiger partial charge in [-0.1, -0.05) is 40.9 Å². The first-order chi connectivity index (χ1) is 8.66. The van der Waals surface area contributed by atoms with Crippen LogP contribution >= 0.6 is 34.8 Å². The van der Waals surface area contributed by atoms with Gasteiger partial charge < -0.3 is 5.32 Å². The molecule has 1 aromatic heterocycles. The molecule has 1 heterocycles. The van der Waals surface area contributed by atoms with Crippen LogP contribution in [0.4, 0.5) is 5.69 Å². The fraction of sp³-hybridized carbons (Fsp3) is 0.154. The van der Waals surface area contributed by atoms with Crippen molar-refractivity contribution in [1.29, 1.82) is 0 Å². The molecule has 0 aliphatic carbocycles. The average Bonchev–Trinajstić information content (AvgIpc) is 2.37. The van der Waals surface area contributed by atoms with Crippen LogP contribution in [0.3, 0.4) is 0 Å². The minimum atomic E-state index is 0.458. The lowest BCUT2D eigenvalue weighted by Gasteiger charge is -2.09. The van der Waals surface area contributed by atoms with Gasteiger partial charge in [-0.2, -0.15) is 0 Å². The fourth-order valence-electron chi connectivity index (χ4n) is 1.55. The first-order valence-corrected chi connectivity index (χ1v) is 6.57. The van der Waals surface area contributed by atoms with Crippen LogP contribution in [0.2, 0.25) is 15.1 Å². The monoisotopic (exact) mass is 300 g/mol. The van der Waals surface area contributed by atoms with Crippen molar-refractivity contribution in [3.63, 3.8) is 0 Å². The van der Waals surface area contributed by atoms with E-state index in [1.165, 1.54) is 5.56 Å². The van der Waals surface area contributed by atoms with Crippen LogP contribution in [0.5, 0.6) is 0 Å². The molecule has 0 radical (unpaired) electrons. The second-order valence-corrected chi connectivity index (χ2v) is 5.01. The SMILES string of the molecule is Clc1cc(Cl)c(NCCc2cccnc2)cc1Cl. The van der Waals surface area contributed by atoms with E-state index in [0.29, 0.717) is 15.1 Å². The molecule has 0 aliphatic heterocycles. The lowest BCUT2D eigenvalue weighted by atomic mass is 10.2. The molecule has 0 spiro atoms. The summed E-state index contributed by atoms with van der Waals surface area (Å²) in [6.45, 7) is 0.753. The summed E-state index contributed by atoms with van der Waals surface area (Å²) in [5.41, 5.74) is 1.95. The second kappa shape index (κ2) is 6.28. The van der Waals surface area contributed by atoms with E-state index in [1.54, 1.807) is 18.3 Å². The first kappa shape index (κ1) is 13.5. The van der Waals surface area contributed by atoms with Crippen molar-refractivity contribution in [1.82, 2.24) is 4.98 Å². The van der Waals surface area contributed by atoms with E-state index in [-0.39, 0.29) is 0 Å². The molecule has 2 rings (SSSR count). The molecule has 1 aromatic carbocycles. The maximum Gasteiger partial charge on any atom is 0.0653 e. The van der Waals surface area contributed by atoms with Crippen molar-refractivity contribution < 1.29 is 0 Å². The van der Waals surface area contributed by atoms with Gasteiger partial charge in [-0.05, 0) is 30.2 Å². The molecule has 0 fully saturated rings. The zero-order valence-corrected chi connectivity index (χ0v) is 11.7. The predicted octanol–water partition coefficient (Wildman–Crippen LogP) is 4.70. The van der Waals surface area contributed by atoms with Gasteiger partial charge in [-0.25, -0.2) is 0 Å². The number of nitrogens with one attached hydrogen (secondary N) is 1. The van der Waals surface area contributed by atoms with E-state index in [9.17, 15) is 0 Å². The van der Waals surface area contributed by atoms with E-state index in [4.69, 9.17) is 34.8 Å². The van der Waals surface area contributed by atoms with Crippen molar-refractivity contribution in [3.05, 3.63) is 57.3 Å². The highest BCUT2D eigenvalue weighted by Crippen LogP contribution is 2.32. The molecule has 94 valence electrons. The van der Waals surface area contributed by atoms with Gasteiger partial charge in [0, 0.05) is 18.9 Å². The molecular weight excluding hydrogens is 291 g/mol.